The Balaban J connectivity index is 0.000000177. The number of anilines is 1. The van der Waals surface area contributed by atoms with Gasteiger partial charge in [0.2, 0.25) is 0 Å². The Labute approximate surface area is 186 Å². The molecule has 0 saturated heterocycles. The summed E-state index contributed by atoms with van der Waals surface area (Å²) in [5.41, 5.74) is 12.3. The van der Waals surface area contributed by atoms with E-state index < -0.39 is 0 Å². The molecule has 4 aromatic rings. The highest BCUT2D eigenvalue weighted by molar-refractivity contribution is 9.09. The lowest BCUT2D eigenvalue weighted by molar-refractivity contribution is -0.115. The quantitative estimate of drug-likeness (QED) is 0.264. The number of carbonyl (C=O) groups is 1. The van der Waals surface area contributed by atoms with E-state index in [0.29, 0.717) is 11.8 Å². The number of rotatable bonds is 5. The number of alkyl halides is 1. The van der Waals surface area contributed by atoms with Crippen molar-refractivity contribution in [3.05, 3.63) is 115 Å². The molecule has 0 aliphatic carbocycles. The van der Waals surface area contributed by atoms with Crippen LogP contribution < -0.4 is 5.73 Å². The van der Waals surface area contributed by atoms with Gasteiger partial charge in [-0.15, -0.1) is 0 Å². The maximum atomic E-state index is 11.5. The van der Waals surface area contributed by atoms with Crippen LogP contribution in [0.3, 0.4) is 0 Å². The van der Waals surface area contributed by atoms with Gasteiger partial charge in [0.05, 0.1) is 5.33 Å². The molecule has 0 atom stereocenters. The van der Waals surface area contributed by atoms with Crippen molar-refractivity contribution in [3.63, 3.8) is 0 Å². The maximum Gasteiger partial charge on any atom is 0.147 e. The first-order valence-electron chi connectivity index (χ1n) is 9.80. The van der Waals surface area contributed by atoms with Crippen molar-refractivity contribution in [2.45, 2.75) is 6.42 Å². The van der Waals surface area contributed by atoms with Crippen LogP contribution in [0.2, 0.25) is 0 Å². The van der Waals surface area contributed by atoms with Gasteiger partial charge < -0.3 is 5.73 Å². The lowest BCUT2D eigenvalue weighted by Gasteiger charge is -2.08. The molecule has 3 heteroatoms. The third-order valence-electron chi connectivity index (χ3n) is 4.68. The Morgan fingerprint density at radius 3 is 1.67 bits per heavy atom. The number of ketones is 1. The van der Waals surface area contributed by atoms with E-state index in [0.717, 1.165) is 27.9 Å². The Hall–Kier alpha value is -3.17. The number of nitrogens with two attached hydrogens (primary N) is 1. The van der Waals surface area contributed by atoms with Crippen LogP contribution in [0.15, 0.2) is 109 Å². The van der Waals surface area contributed by atoms with E-state index in [4.69, 9.17) is 5.73 Å². The van der Waals surface area contributed by atoms with Crippen LogP contribution >= 0.6 is 15.9 Å². The summed E-state index contributed by atoms with van der Waals surface area (Å²) in [6, 6.07) is 36.3. The van der Waals surface area contributed by atoms with E-state index in [1.54, 1.807) is 0 Å². The van der Waals surface area contributed by atoms with Crippen LogP contribution in [0, 0.1) is 0 Å². The first-order chi connectivity index (χ1) is 14.7. The molecule has 4 rings (SSSR count). The summed E-state index contributed by atoms with van der Waals surface area (Å²) in [5, 5.41) is 0.413. The van der Waals surface area contributed by atoms with Crippen molar-refractivity contribution < 1.29 is 4.79 Å². The third kappa shape index (κ3) is 5.91. The smallest absolute Gasteiger partial charge is 0.147 e. The highest BCUT2D eigenvalue weighted by atomic mass is 79.9. The van der Waals surface area contributed by atoms with E-state index in [1.807, 2.05) is 78.9 Å². The van der Waals surface area contributed by atoms with Crippen molar-refractivity contribution in [2.24, 2.45) is 0 Å². The standard InChI is InChI=1S/C15H13BrO.C12H11N/c16-11-14(17)10-13-8-4-5-9-15(13)12-6-2-1-3-7-12;13-12-9-5-4-8-11(12)10-6-2-1-3-7-10/h1-9H,10-11H2;1-9H,13H2. The van der Waals surface area contributed by atoms with Crippen molar-refractivity contribution in [1.82, 2.24) is 0 Å². The van der Waals surface area contributed by atoms with Crippen LogP contribution in [0.1, 0.15) is 5.56 Å². The molecule has 2 nitrogen and oxygen atoms in total. The second-order valence-electron chi connectivity index (χ2n) is 6.83. The molecule has 0 amide bonds. The van der Waals surface area contributed by atoms with Gasteiger partial charge in [-0.25, -0.2) is 0 Å². The molecule has 0 unspecified atom stereocenters. The van der Waals surface area contributed by atoms with Crippen LogP contribution in [0.25, 0.3) is 22.3 Å². The number of carbonyl (C=O) groups excluding carboxylic acids is 1. The molecule has 30 heavy (non-hydrogen) atoms. The van der Waals surface area contributed by atoms with E-state index >= 15 is 0 Å². The molecule has 150 valence electrons. The number of halogens is 1. The Morgan fingerprint density at radius 1 is 0.633 bits per heavy atom. The average molecular weight is 458 g/mol. The summed E-state index contributed by atoms with van der Waals surface area (Å²) < 4.78 is 0. The van der Waals surface area contributed by atoms with Crippen LogP contribution in [-0.2, 0) is 11.2 Å². The molecule has 0 radical (unpaired) electrons. The van der Waals surface area contributed by atoms with Gasteiger partial charge in [-0.2, -0.15) is 0 Å². The highest BCUT2D eigenvalue weighted by Crippen LogP contribution is 2.25. The lowest BCUT2D eigenvalue weighted by atomic mass is 9.97. The Bertz CT molecular complexity index is 1080. The molecule has 0 aliphatic rings. The first kappa shape index (κ1) is 21.5. The predicted molar refractivity (Wildman–Crippen MR) is 131 cm³/mol. The van der Waals surface area contributed by atoms with Gasteiger partial charge >= 0.3 is 0 Å². The molecule has 0 spiro atoms. The fourth-order valence-electron chi connectivity index (χ4n) is 3.21. The van der Waals surface area contributed by atoms with Crippen molar-refractivity contribution in [2.75, 3.05) is 11.1 Å². The highest BCUT2D eigenvalue weighted by Gasteiger charge is 2.07. The van der Waals surface area contributed by atoms with Gasteiger partial charge in [-0.3, -0.25) is 4.79 Å². The molecule has 0 saturated carbocycles. The van der Waals surface area contributed by atoms with E-state index in [2.05, 4.69) is 46.3 Å². The molecule has 0 heterocycles. The monoisotopic (exact) mass is 457 g/mol. The van der Waals surface area contributed by atoms with Gasteiger partial charge in [-0.05, 0) is 28.3 Å². The van der Waals surface area contributed by atoms with E-state index in [-0.39, 0.29) is 5.78 Å². The van der Waals surface area contributed by atoms with Gasteiger partial charge in [0.1, 0.15) is 5.78 Å². The molecule has 4 aromatic carbocycles. The molecule has 0 bridgehead atoms. The third-order valence-corrected chi connectivity index (χ3v) is 5.31. The van der Waals surface area contributed by atoms with E-state index in [1.165, 1.54) is 5.56 Å². The number of benzene rings is 4. The van der Waals surface area contributed by atoms with Crippen molar-refractivity contribution in [1.29, 1.82) is 0 Å². The number of nitrogen functional groups attached to an aromatic ring is 1. The number of Topliss-reactive ketones (excluding diaryl/α,β-unsaturated/α-hetero) is 1. The second-order valence-corrected chi connectivity index (χ2v) is 7.39. The fourth-order valence-corrected chi connectivity index (χ4v) is 3.41. The maximum absolute atomic E-state index is 11.5. The first-order valence-corrected chi connectivity index (χ1v) is 10.9. The zero-order chi connectivity index (χ0) is 21.2. The van der Waals surface area contributed by atoms with Gasteiger partial charge in [-0.1, -0.05) is 119 Å². The average Bonchev–Trinajstić information content (AvgIpc) is 2.81. The minimum Gasteiger partial charge on any atom is -0.398 e. The SMILES string of the molecule is Nc1ccccc1-c1ccccc1.O=C(CBr)Cc1ccccc1-c1ccccc1. The van der Waals surface area contributed by atoms with Crippen LogP contribution in [-0.4, -0.2) is 11.1 Å². The van der Waals surface area contributed by atoms with Crippen LogP contribution in [0.5, 0.6) is 0 Å². The molecular formula is C27H24BrNO. The summed E-state index contributed by atoms with van der Waals surface area (Å²) >= 11 is 3.20. The Kier molecular flexibility index (Phi) is 7.99. The van der Waals surface area contributed by atoms with Gasteiger partial charge in [0, 0.05) is 17.7 Å². The molecule has 0 aliphatic heterocycles. The zero-order valence-electron chi connectivity index (χ0n) is 16.7. The predicted octanol–water partition coefficient (Wildman–Crippen LogP) is 6.80. The summed E-state index contributed by atoms with van der Waals surface area (Å²) in [6.07, 6.45) is 0.482. The van der Waals surface area contributed by atoms with Crippen molar-refractivity contribution in [3.8, 4) is 22.3 Å². The molecular weight excluding hydrogens is 434 g/mol. The number of hydrogen-bond donors (Lipinski definition) is 1. The van der Waals surface area contributed by atoms with Gasteiger partial charge in [0.25, 0.3) is 0 Å². The zero-order valence-corrected chi connectivity index (χ0v) is 18.3. The van der Waals surface area contributed by atoms with Gasteiger partial charge in [0.15, 0.2) is 0 Å². The fraction of sp³-hybridized carbons (Fsp3) is 0.0741. The topological polar surface area (TPSA) is 43.1 Å². The summed E-state index contributed by atoms with van der Waals surface area (Å²) in [5.74, 6) is 0.202. The normalized spacial score (nSPS) is 10.0. The van der Waals surface area contributed by atoms with Crippen molar-refractivity contribution >= 4 is 27.4 Å². The second kappa shape index (κ2) is 11.1. The summed E-state index contributed by atoms with van der Waals surface area (Å²) in [6.45, 7) is 0. The number of para-hydroxylation sites is 1. The minimum atomic E-state index is 0.202. The lowest BCUT2D eigenvalue weighted by Crippen LogP contribution is -2.04. The summed E-state index contributed by atoms with van der Waals surface area (Å²) in [4.78, 5) is 11.5. The van der Waals surface area contributed by atoms with E-state index in [9.17, 15) is 4.79 Å². The Morgan fingerprint density at radius 2 is 1.10 bits per heavy atom. The largest absolute Gasteiger partial charge is 0.398 e. The molecule has 0 fully saturated rings. The molecule has 0 aromatic heterocycles. The minimum absolute atomic E-state index is 0.202. The van der Waals surface area contributed by atoms with Crippen LogP contribution in [0.4, 0.5) is 5.69 Å². The number of hydrogen-bond acceptors (Lipinski definition) is 2. The molecule has 2 N–H and O–H groups in total. The summed E-state index contributed by atoms with van der Waals surface area (Å²) in [7, 11) is 0.